The van der Waals surface area contributed by atoms with Crippen molar-refractivity contribution in [2.75, 3.05) is 16.8 Å². The van der Waals surface area contributed by atoms with Crippen molar-refractivity contribution in [2.24, 2.45) is 5.73 Å². The van der Waals surface area contributed by atoms with Crippen LogP contribution in [0, 0.1) is 0 Å². The van der Waals surface area contributed by atoms with Crippen LogP contribution in [0.3, 0.4) is 0 Å². The summed E-state index contributed by atoms with van der Waals surface area (Å²) in [5.41, 5.74) is 8.20. The van der Waals surface area contributed by atoms with Gasteiger partial charge in [-0.3, -0.25) is 9.59 Å². The normalized spacial score (nSPS) is 13.5. The van der Waals surface area contributed by atoms with E-state index in [1.807, 2.05) is 18.2 Å². The summed E-state index contributed by atoms with van der Waals surface area (Å²) in [6.45, 7) is 3.98. The molecular formula is C19H21N3O2. The molecule has 124 valence electrons. The van der Waals surface area contributed by atoms with E-state index in [2.05, 4.69) is 11.4 Å². The number of fused-ring (bicyclic) bond motifs is 1. The molecule has 0 fully saturated rings. The van der Waals surface area contributed by atoms with E-state index in [0.717, 1.165) is 12.1 Å². The van der Waals surface area contributed by atoms with Crippen molar-refractivity contribution >= 4 is 23.2 Å². The fraction of sp³-hybridized carbons (Fsp3) is 0.263. The number of benzene rings is 2. The van der Waals surface area contributed by atoms with Crippen LogP contribution in [0.5, 0.6) is 0 Å². The van der Waals surface area contributed by atoms with Crippen molar-refractivity contribution in [3.05, 3.63) is 59.7 Å². The highest BCUT2D eigenvalue weighted by atomic mass is 16.2. The topological polar surface area (TPSA) is 75.4 Å². The van der Waals surface area contributed by atoms with E-state index in [-0.39, 0.29) is 11.8 Å². The van der Waals surface area contributed by atoms with E-state index in [1.54, 1.807) is 43.0 Å². The van der Waals surface area contributed by atoms with Crippen LogP contribution in [0.4, 0.5) is 11.4 Å². The van der Waals surface area contributed by atoms with E-state index < -0.39 is 5.54 Å². The second-order valence-corrected chi connectivity index (χ2v) is 6.59. The summed E-state index contributed by atoms with van der Waals surface area (Å²) < 4.78 is 0. The Bertz CT molecular complexity index is 776. The van der Waals surface area contributed by atoms with Crippen LogP contribution in [0.25, 0.3) is 0 Å². The first kappa shape index (κ1) is 16.2. The fourth-order valence-electron chi connectivity index (χ4n) is 2.69. The van der Waals surface area contributed by atoms with Gasteiger partial charge in [0.1, 0.15) is 0 Å². The number of hydrogen-bond donors (Lipinski definition) is 2. The van der Waals surface area contributed by atoms with Crippen molar-refractivity contribution < 1.29 is 9.59 Å². The molecule has 3 N–H and O–H groups in total. The summed E-state index contributed by atoms with van der Waals surface area (Å²) >= 11 is 0. The maximum absolute atomic E-state index is 12.7. The number of para-hydroxylation sites is 1. The van der Waals surface area contributed by atoms with Crippen molar-refractivity contribution in [3.8, 4) is 0 Å². The minimum absolute atomic E-state index is 0.0306. The van der Waals surface area contributed by atoms with Crippen LogP contribution in [0.2, 0.25) is 0 Å². The third-order valence-electron chi connectivity index (χ3n) is 4.11. The van der Waals surface area contributed by atoms with Gasteiger partial charge < -0.3 is 16.0 Å². The molecule has 0 radical (unpaired) electrons. The molecule has 2 aromatic rings. The number of nitrogens with one attached hydrogen (secondary N) is 1. The van der Waals surface area contributed by atoms with E-state index in [4.69, 9.17) is 5.73 Å². The lowest BCUT2D eigenvalue weighted by atomic mass is 10.1. The molecule has 0 atom stereocenters. The molecule has 0 spiro atoms. The number of hydrogen-bond acceptors (Lipinski definition) is 3. The van der Waals surface area contributed by atoms with Crippen molar-refractivity contribution in [1.82, 2.24) is 0 Å². The van der Waals surface area contributed by atoms with E-state index >= 15 is 0 Å². The summed E-state index contributed by atoms with van der Waals surface area (Å²) in [4.78, 5) is 26.4. The molecule has 0 aromatic heterocycles. The number of nitrogens with two attached hydrogens (primary N) is 1. The van der Waals surface area contributed by atoms with Crippen LogP contribution in [0.15, 0.2) is 48.5 Å². The van der Waals surface area contributed by atoms with Gasteiger partial charge in [0.2, 0.25) is 5.91 Å². The lowest BCUT2D eigenvalue weighted by molar-refractivity contribution is -0.120. The second-order valence-electron chi connectivity index (χ2n) is 6.59. The Labute approximate surface area is 141 Å². The molecule has 0 bridgehead atoms. The summed E-state index contributed by atoms with van der Waals surface area (Å²) in [6.07, 6.45) is 0.877. The van der Waals surface area contributed by atoms with Gasteiger partial charge in [0.25, 0.3) is 5.91 Å². The Hall–Kier alpha value is -2.66. The zero-order chi connectivity index (χ0) is 17.3. The average molecular weight is 323 g/mol. The van der Waals surface area contributed by atoms with Gasteiger partial charge in [-0.25, -0.2) is 0 Å². The van der Waals surface area contributed by atoms with E-state index in [1.165, 1.54) is 5.56 Å². The number of carbonyl (C=O) groups excluding carboxylic acids is 2. The largest absolute Gasteiger partial charge is 0.325 e. The monoisotopic (exact) mass is 323 g/mol. The average Bonchev–Trinajstić information content (AvgIpc) is 2.98. The van der Waals surface area contributed by atoms with Gasteiger partial charge >= 0.3 is 0 Å². The molecule has 0 unspecified atom stereocenters. The number of rotatable bonds is 3. The smallest absolute Gasteiger partial charge is 0.258 e. The molecular weight excluding hydrogens is 302 g/mol. The lowest BCUT2D eigenvalue weighted by Gasteiger charge is -2.19. The fourth-order valence-corrected chi connectivity index (χ4v) is 2.69. The zero-order valence-electron chi connectivity index (χ0n) is 13.9. The third kappa shape index (κ3) is 3.16. The molecule has 0 saturated heterocycles. The first-order valence-corrected chi connectivity index (χ1v) is 7.96. The molecule has 5 nitrogen and oxygen atoms in total. The van der Waals surface area contributed by atoms with Crippen molar-refractivity contribution in [1.29, 1.82) is 0 Å². The number of amides is 2. The molecule has 1 heterocycles. The summed E-state index contributed by atoms with van der Waals surface area (Å²) in [5, 5.41) is 2.74. The van der Waals surface area contributed by atoms with Gasteiger partial charge in [0, 0.05) is 23.5 Å². The van der Waals surface area contributed by atoms with Crippen LogP contribution in [-0.2, 0) is 11.2 Å². The van der Waals surface area contributed by atoms with Gasteiger partial charge in [0.05, 0.1) is 5.54 Å². The maximum atomic E-state index is 12.7. The Morgan fingerprint density at radius 2 is 1.75 bits per heavy atom. The first-order chi connectivity index (χ1) is 11.4. The van der Waals surface area contributed by atoms with Gasteiger partial charge in [-0.1, -0.05) is 18.2 Å². The summed E-state index contributed by atoms with van der Waals surface area (Å²) in [6, 6.07) is 14.8. The van der Waals surface area contributed by atoms with Crippen molar-refractivity contribution in [3.63, 3.8) is 0 Å². The van der Waals surface area contributed by atoms with Crippen LogP contribution in [0.1, 0.15) is 29.8 Å². The summed E-state index contributed by atoms with van der Waals surface area (Å²) in [7, 11) is 0. The van der Waals surface area contributed by atoms with Gasteiger partial charge in [0.15, 0.2) is 0 Å². The molecule has 5 heteroatoms. The Morgan fingerprint density at radius 3 is 2.42 bits per heavy atom. The van der Waals surface area contributed by atoms with Crippen LogP contribution < -0.4 is 16.0 Å². The molecule has 2 amide bonds. The SMILES string of the molecule is CC(C)(N)C(=O)Nc1ccc(C(=O)N2CCc3ccccc32)cc1. The summed E-state index contributed by atoms with van der Waals surface area (Å²) in [5.74, 6) is -0.299. The Morgan fingerprint density at radius 1 is 1.08 bits per heavy atom. The second kappa shape index (κ2) is 6.09. The highest BCUT2D eigenvalue weighted by molar-refractivity contribution is 6.07. The molecule has 0 aliphatic carbocycles. The Kier molecular flexibility index (Phi) is 4.11. The van der Waals surface area contributed by atoms with Crippen LogP contribution in [-0.4, -0.2) is 23.9 Å². The molecule has 1 aliphatic heterocycles. The Balaban J connectivity index is 1.75. The molecule has 24 heavy (non-hydrogen) atoms. The molecule has 2 aromatic carbocycles. The first-order valence-electron chi connectivity index (χ1n) is 7.96. The zero-order valence-corrected chi connectivity index (χ0v) is 13.9. The molecule has 3 rings (SSSR count). The standard InChI is InChI=1S/C19H21N3O2/c1-19(2,20)18(24)21-15-9-7-14(8-10-15)17(23)22-12-11-13-5-3-4-6-16(13)22/h3-10H,11-12,20H2,1-2H3,(H,21,24). The molecule has 0 saturated carbocycles. The minimum Gasteiger partial charge on any atom is -0.325 e. The molecule has 1 aliphatic rings. The predicted octanol–water partition coefficient (Wildman–Crippen LogP) is 2.57. The highest BCUT2D eigenvalue weighted by Crippen LogP contribution is 2.29. The predicted molar refractivity (Wildman–Crippen MR) is 95.2 cm³/mol. The third-order valence-corrected chi connectivity index (χ3v) is 4.11. The number of anilines is 2. The maximum Gasteiger partial charge on any atom is 0.258 e. The van der Waals surface area contributed by atoms with Crippen LogP contribution >= 0.6 is 0 Å². The number of nitrogens with zero attached hydrogens (tertiary/aromatic N) is 1. The van der Waals surface area contributed by atoms with E-state index in [9.17, 15) is 9.59 Å². The van der Waals surface area contributed by atoms with Gasteiger partial charge in [-0.05, 0) is 56.2 Å². The van der Waals surface area contributed by atoms with Gasteiger partial charge in [-0.2, -0.15) is 0 Å². The highest BCUT2D eigenvalue weighted by Gasteiger charge is 2.25. The quantitative estimate of drug-likeness (QED) is 0.911. The lowest BCUT2D eigenvalue weighted by Crippen LogP contribution is -2.45. The van der Waals surface area contributed by atoms with Gasteiger partial charge in [-0.15, -0.1) is 0 Å². The minimum atomic E-state index is -0.951. The number of carbonyl (C=O) groups is 2. The van der Waals surface area contributed by atoms with Crippen molar-refractivity contribution in [2.45, 2.75) is 25.8 Å². The van der Waals surface area contributed by atoms with E-state index in [0.29, 0.717) is 17.8 Å².